The first kappa shape index (κ1) is 11.0. The molecule has 1 aliphatic rings. The Bertz CT molecular complexity index is 147. The zero-order valence-corrected chi connectivity index (χ0v) is 9.51. The van der Waals surface area contributed by atoms with Crippen LogP contribution in [0.15, 0.2) is 0 Å². The van der Waals surface area contributed by atoms with E-state index in [1.54, 1.807) is 0 Å². The summed E-state index contributed by atoms with van der Waals surface area (Å²) in [4.78, 5) is 2.52. The van der Waals surface area contributed by atoms with Crippen molar-refractivity contribution in [3.05, 3.63) is 0 Å². The van der Waals surface area contributed by atoms with Crippen LogP contribution < -0.4 is 5.32 Å². The van der Waals surface area contributed by atoms with Crippen molar-refractivity contribution in [1.82, 2.24) is 10.2 Å². The van der Waals surface area contributed by atoms with Gasteiger partial charge in [-0.15, -0.1) is 0 Å². The highest BCUT2D eigenvalue weighted by molar-refractivity contribution is 4.85. The zero-order chi connectivity index (χ0) is 9.84. The molecule has 0 spiro atoms. The molecule has 13 heavy (non-hydrogen) atoms. The first-order valence-electron chi connectivity index (χ1n) is 5.51. The van der Waals surface area contributed by atoms with Gasteiger partial charge >= 0.3 is 0 Å². The predicted molar refractivity (Wildman–Crippen MR) is 57.9 cm³/mol. The summed E-state index contributed by atoms with van der Waals surface area (Å²) < 4.78 is 0. The lowest BCUT2D eigenvalue weighted by Crippen LogP contribution is -2.38. The Balaban J connectivity index is 2.34. The number of rotatable bonds is 4. The smallest absolute Gasteiger partial charge is 0.0121 e. The highest BCUT2D eigenvalue weighted by Crippen LogP contribution is 2.33. The Morgan fingerprint density at radius 1 is 1.31 bits per heavy atom. The summed E-state index contributed by atoms with van der Waals surface area (Å²) in [7, 11) is 4.28. The fourth-order valence-corrected chi connectivity index (χ4v) is 2.41. The minimum atomic E-state index is 0.823. The molecule has 0 radical (unpaired) electrons. The van der Waals surface area contributed by atoms with Gasteiger partial charge in [-0.2, -0.15) is 0 Å². The number of nitrogens with one attached hydrogen (secondary N) is 1. The lowest BCUT2D eigenvalue weighted by molar-refractivity contribution is 0.194. The zero-order valence-electron chi connectivity index (χ0n) is 9.51. The SMILES string of the molecule is CNCCN(C)C1CCC(C)C1C. The van der Waals surface area contributed by atoms with E-state index in [2.05, 4.69) is 31.1 Å². The van der Waals surface area contributed by atoms with Crippen LogP contribution in [-0.4, -0.2) is 38.1 Å². The van der Waals surface area contributed by atoms with Crippen LogP contribution in [0.25, 0.3) is 0 Å². The van der Waals surface area contributed by atoms with Crippen LogP contribution >= 0.6 is 0 Å². The summed E-state index contributed by atoms with van der Waals surface area (Å²) in [6, 6.07) is 0.823. The van der Waals surface area contributed by atoms with Crippen molar-refractivity contribution in [2.45, 2.75) is 32.7 Å². The summed E-state index contributed by atoms with van der Waals surface area (Å²) in [5.41, 5.74) is 0. The molecular formula is C11H24N2. The van der Waals surface area contributed by atoms with Gasteiger partial charge in [0.25, 0.3) is 0 Å². The van der Waals surface area contributed by atoms with Crippen LogP contribution in [0.2, 0.25) is 0 Å². The molecule has 78 valence electrons. The van der Waals surface area contributed by atoms with E-state index in [1.807, 2.05) is 7.05 Å². The number of likely N-dealkylation sites (N-methyl/N-ethyl adjacent to an activating group) is 2. The molecule has 1 fully saturated rings. The minimum Gasteiger partial charge on any atom is -0.318 e. The second kappa shape index (κ2) is 4.97. The first-order chi connectivity index (χ1) is 6.16. The summed E-state index contributed by atoms with van der Waals surface area (Å²) in [6.45, 7) is 7.07. The standard InChI is InChI=1S/C11H24N2/c1-9-5-6-11(10(9)2)13(4)8-7-12-3/h9-12H,5-8H2,1-4H3. The van der Waals surface area contributed by atoms with E-state index >= 15 is 0 Å². The Kier molecular flexibility index (Phi) is 4.20. The van der Waals surface area contributed by atoms with Crippen LogP contribution in [-0.2, 0) is 0 Å². The van der Waals surface area contributed by atoms with Gasteiger partial charge in [-0.3, -0.25) is 0 Å². The van der Waals surface area contributed by atoms with Crippen molar-refractivity contribution in [3.63, 3.8) is 0 Å². The van der Waals surface area contributed by atoms with Crippen molar-refractivity contribution in [2.24, 2.45) is 11.8 Å². The van der Waals surface area contributed by atoms with E-state index in [1.165, 1.54) is 19.4 Å². The van der Waals surface area contributed by atoms with Crippen molar-refractivity contribution < 1.29 is 0 Å². The lowest BCUT2D eigenvalue weighted by Gasteiger charge is -2.28. The average Bonchev–Trinajstić information content (AvgIpc) is 2.44. The number of hydrogen-bond acceptors (Lipinski definition) is 2. The van der Waals surface area contributed by atoms with Crippen LogP contribution in [0, 0.1) is 11.8 Å². The normalized spacial score (nSPS) is 34.4. The van der Waals surface area contributed by atoms with Crippen LogP contribution in [0.5, 0.6) is 0 Å². The van der Waals surface area contributed by atoms with Gasteiger partial charge in [0, 0.05) is 19.1 Å². The molecule has 0 saturated heterocycles. The highest BCUT2D eigenvalue weighted by Gasteiger charge is 2.31. The topological polar surface area (TPSA) is 15.3 Å². The Morgan fingerprint density at radius 3 is 2.46 bits per heavy atom. The lowest BCUT2D eigenvalue weighted by atomic mass is 9.97. The molecule has 2 heteroatoms. The molecule has 0 aromatic rings. The summed E-state index contributed by atoms with van der Waals surface area (Å²) in [5.74, 6) is 1.80. The van der Waals surface area contributed by atoms with Gasteiger partial charge in [0.05, 0.1) is 0 Å². The minimum absolute atomic E-state index is 0.823. The number of hydrogen-bond donors (Lipinski definition) is 1. The van der Waals surface area contributed by atoms with Crippen molar-refractivity contribution in [2.75, 3.05) is 27.2 Å². The van der Waals surface area contributed by atoms with Gasteiger partial charge in [-0.25, -0.2) is 0 Å². The van der Waals surface area contributed by atoms with E-state index in [9.17, 15) is 0 Å². The molecule has 3 unspecified atom stereocenters. The van der Waals surface area contributed by atoms with Gasteiger partial charge in [-0.05, 0) is 38.8 Å². The third-order valence-corrected chi connectivity index (χ3v) is 3.70. The van der Waals surface area contributed by atoms with Crippen LogP contribution in [0.3, 0.4) is 0 Å². The van der Waals surface area contributed by atoms with E-state index in [-0.39, 0.29) is 0 Å². The number of nitrogens with zero attached hydrogens (tertiary/aromatic N) is 1. The summed E-state index contributed by atoms with van der Waals surface area (Å²) in [5, 5.41) is 3.21. The van der Waals surface area contributed by atoms with Gasteiger partial charge in [-0.1, -0.05) is 13.8 Å². The summed E-state index contributed by atoms with van der Waals surface area (Å²) in [6.07, 6.45) is 2.80. The molecule has 0 aromatic carbocycles. The molecule has 2 nitrogen and oxygen atoms in total. The van der Waals surface area contributed by atoms with E-state index in [0.29, 0.717) is 0 Å². The average molecular weight is 184 g/mol. The molecule has 3 atom stereocenters. The molecule has 1 saturated carbocycles. The Hall–Kier alpha value is -0.0800. The predicted octanol–water partition coefficient (Wildman–Crippen LogP) is 1.57. The van der Waals surface area contributed by atoms with E-state index in [0.717, 1.165) is 24.4 Å². The molecule has 0 aliphatic heterocycles. The molecule has 0 amide bonds. The molecule has 0 bridgehead atoms. The molecule has 1 rings (SSSR count). The molecule has 0 heterocycles. The third kappa shape index (κ3) is 2.68. The molecule has 1 N–H and O–H groups in total. The maximum atomic E-state index is 3.21. The second-order valence-corrected chi connectivity index (χ2v) is 4.57. The quantitative estimate of drug-likeness (QED) is 0.713. The summed E-state index contributed by atoms with van der Waals surface area (Å²) >= 11 is 0. The fraction of sp³-hybridized carbons (Fsp3) is 1.00. The van der Waals surface area contributed by atoms with Crippen LogP contribution in [0.4, 0.5) is 0 Å². The Morgan fingerprint density at radius 2 is 2.00 bits per heavy atom. The maximum Gasteiger partial charge on any atom is 0.0121 e. The van der Waals surface area contributed by atoms with Gasteiger partial charge in [0.2, 0.25) is 0 Å². The Labute approximate surface area is 82.7 Å². The highest BCUT2D eigenvalue weighted by atomic mass is 15.1. The largest absolute Gasteiger partial charge is 0.318 e. The van der Waals surface area contributed by atoms with Crippen molar-refractivity contribution >= 4 is 0 Å². The van der Waals surface area contributed by atoms with E-state index < -0.39 is 0 Å². The van der Waals surface area contributed by atoms with Gasteiger partial charge in [0.1, 0.15) is 0 Å². The molecule has 1 aliphatic carbocycles. The monoisotopic (exact) mass is 184 g/mol. The van der Waals surface area contributed by atoms with E-state index in [4.69, 9.17) is 0 Å². The first-order valence-corrected chi connectivity index (χ1v) is 5.51. The maximum absolute atomic E-state index is 3.21. The van der Waals surface area contributed by atoms with Gasteiger partial charge < -0.3 is 10.2 Å². The van der Waals surface area contributed by atoms with Crippen LogP contribution in [0.1, 0.15) is 26.7 Å². The fourth-order valence-electron chi connectivity index (χ4n) is 2.41. The van der Waals surface area contributed by atoms with Crippen molar-refractivity contribution in [1.29, 1.82) is 0 Å². The molecule has 0 aromatic heterocycles. The molecular weight excluding hydrogens is 160 g/mol. The van der Waals surface area contributed by atoms with Gasteiger partial charge in [0.15, 0.2) is 0 Å². The third-order valence-electron chi connectivity index (χ3n) is 3.70. The van der Waals surface area contributed by atoms with Crippen molar-refractivity contribution in [3.8, 4) is 0 Å². The second-order valence-electron chi connectivity index (χ2n) is 4.57.